The molecule has 0 N–H and O–H groups in total. The number of para-hydroxylation sites is 1. The number of nitrogens with zero attached hydrogens (tertiary/aromatic N) is 3. The maximum Gasteiger partial charge on any atom is 0.101 e. The summed E-state index contributed by atoms with van der Waals surface area (Å²) in [6.45, 7) is 4.09. The molecule has 2 fully saturated rings. The molecule has 23 heavy (non-hydrogen) atoms. The molecule has 0 bridgehead atoms. The van der Waals surface area contributed by atoms with Crippen LogP contribution in [0.5, 0.6) is 0 Å². The topological polar surface area (TPSA) is 69.3 Å². The Kier molecular flexibility index (Phi) is 5.12. The van der Waals surface area contributed by atoms with Crippen LogP contribution >= 0.6 is 0 Å². The predicted octanol–water partition coefficient (Wildman–Crippen LogP) is 2.45. The lowest BCUT2D eigenvalue weighted by Crippen LogP contribution is -2.38. The van der Waals surface area contributed by atoms with Crippen molar-refractivity contribution in [2.45, 2.75) is 25.4 Å². The van der Waals surface area contributed by atoms with Crippen LogP contribution in [0.15, 0.2) is 18.2 Å². The monoisotopic (exact) mass is 311 g/mol. The number of rotatable bonds is 4. The molecule has 0 amide bonds. The normalized spacial score (nSPS) is 21.8. The minimum absolute atomic E-state index is 0.270. The molecule has 2 heterocycles. The average molecular weight is 311 g/mol. The highest BCUT2D eigenvalue weighted by molar-refractivity contribution is 5.68. The molecule has 1 atom stereocenters. The second kappa shape index (κ2) is 7.46. The van der Waals surface area contributed by atoms with Gasteiger partial charge in [0.2, 0.25) is 0 Å². The number of hydrogen-bond acceptors (Lipinski definition) is 5. The third-order valence-electron chi connectivity index (χ3n) is 4.63. The SMILES string of the molecule is N#Cc1cccc(C#N)c1N1CCC(OCC2CCOC2)CC1. The van der Waals surface area contributed by atoms with E-state index in [9.17, 15) is 10.5 Å². The third-order valence-corrected chi connectivity index (χ3v) is 4.63. The molecule has 0 saturated carbocycles. The third kappa shape index (κ3) is 3.64. The van der Waals surface area contributed by atoms with Gasteiger partial charge < -0.3 is 14.4 Å². The van der Waals surface area contributed by atoms with Crippen LogP contribution < -0.4 is 4.90 Å². The van der Waals surface area contributed by atoms with Crippen LogP contribution in [0.2, 0.25) is 0 Å². The lowest BCUT2D eigenvalue weighted by molar-refractivity contribution is 0.0131. The molecule has 1 unspecified atom stereocenters. The van der Waals surface area contributed by atoms with Crippen LogP contribution in [0.3, 0.4) is 0 Å². The van der Waals surface area contributed by atoms with Crippen molar-refractivity contribution in [1.29, 1.82) is 10.5 Å². The summed E-state index contributed by atoms with van der Waals surface area (Å²) in [6, 6.07) is 9.72. The molecule has 0 aliphatic carbocycles. The van der Waals surface area contributed by atoms with Gasteiger partial charge in [0.25, 0.3) is 0 Å². The van der Waals surface area contributed by atoms with E-state index in [2.05, 4.69) is 17.0 Å². The maximum atomic E-state index is 9.30. The van der Waals surface area contributed by atoms with Crippen LogP contribution in [0.25, 0.3) is 0 Å². The van der Waals surface area contributed by atoms with Gasteiger partial charge in [0.1, 0.15) is 12.1 Å². The summed E-state index contributed by atoms with van der Waals surface area (Å²) >= 11 is 0. The fourth-order valence-corrected chi connectivity index (χ4v) is 3.30. The largest absolute Gasteiger partial charge is 0.381 e. The van der Waals surface area contributed by atoms with Crippen molar-refractivity contribution < 1.29 is 9.47 Å². The van der Waals surface area contributed by atoms with Crippen LogP contribution in [-0.4, -0.2) is 39.0 Å². The standard InChI is InChI=1S/C18H21N3O2/c19-10-15-2-1-3-16(11-20)18(15)21-7-4-17(5-8-21)23-13-14-6-9-22-12-14/h1-3,14,17H,4-9,12-13H2. The molecular formula is C18H21N3O2. The average Bonchev–Trinajstić information content (AvgIpc) is 3.13. The molecule has 2 aliphatic heterocycles. The van der Waals surface area contributed by atoms with Gasteiger partial charge in [0.05, 0.1) is 36.1 Å². The number of hydrogen-bond donors (Lipinski definition) is 0. The Morgan fingerprint density at radius 3 is 2.39 bits per heavy atom. The molecule has 3 rings (SSSR count). The van der Waals surface area contributed by atoms with Gasteiger partial charge in [-0.15, -0.1) is 0 Å². The molecule has 1 aromatic carbocycles. The summed E-state index contributed by atoms with van der Waals surface area (Å²) in [5, 5.41) is 18.6. The molecule has 0 aromatic heterocycles. The molecule has 1 aromatic rings. The second-order valence-electron chi connectivity index (χ2n) is 6.17. The molecule has 5 nitrogen and oxygen atoms in total. The van der Waals surface area contributed by atoms with Gasteiger partial charge in [-0.05, 0) is 31.4 Å². The lowest BCUT2D eigenvalue weighted by atomic mass is 10.0. The first kappa shape index (κ1) is 15.8. The Morgan fingerprint density at radius 1 is 1.13 bits per heavy atom. The zero-order valence-corrected chi connectivity index (χ0v) is 13.2. The van der Waals surface area contributed by atoms with E-state index in [0.717, 1.165) is 57.9 Å². The smallest absolute Gasteiger partial charge is 0.101 e. The van der Waals surface area contributed by atoms with E-state index in [4.69, 9.17) is 9.47 Å². The summed E-state index contributed by atoms with van der Waals surface area (Å²) < 4.78 is 11.4. The van der Waals surface area contributed by atoms with E-state index in [1.807, 2.05) is 0 Å². The molecule has 2 saturated heterocycles. The first-order valence-electron chi connectivity index (χ1n) is 8.19. The van der Waals surface area contributed by atoms with E-state index >= 15 is 0 Å². The summed E-state index contributed by atoms with van der Waals surface area (Å²) in [5.41, 5.74) is 1.93. The van der Waals surface area contributed by atoms with Gasteiger partial charge >= 0.3 is 0 Å². The minimum Gasteiger partial charge on any atom is -0.381 e. The maximum absolute atomic E-state index is 9.30. The Balaban J connectivity index is 1.59. The fraction of sp³-hybridized carbons (Fsp3) is 0.556. The quantitative estimate of drug-likeness (QED) is 0.854. The van der Waals surface area contributed by atoms with E-state index in [1.54, 1.807) is 18.2 Å². The first-order chi connectivity index (χ1) is 11.3. The first-order valence-corrected chi connectivity index (χ1v) is 8.19. The van der Waals surface area contributed by atoms with Crippen molar-refractivity contribution in [3.8, 4) is 12.1 Å². The van der Waals surface area contributed by atoms with Crippen LogP contribution in [0, 0.1) is 28.6 Å². The highest BCUT2D eigenvalue weighted by atomic mass is 16.5. The van der Waals surface area contributed by atoms with Crippen molar-refractivity contribution in [3.63, 3.8) is 0 Å². The molecular weight excluding hydrogens is 290 g/mol. The van der Waals surface area contributed by atoms with Gasteiger partial charge in [0, 0.05) is 25.6 Å². The Bertz CT molecular complexity index is 586. The Labute approximate surface area is 137 Å². The lowest BCUT2D eigenvalue weighted by Gasteiger charge is -2.34. The highest BCUT2D eigenvalue weighted by Gasteiger charge is 2.25. The highest BCUT2D eigenvalue weighted by Crippen LogP contribution is 2.28. The number of nitriles is 2. The predicted molar refractivity (Wildman–Crippen MR) is 86.0 cm³/mol. The molecule has 5 heteroatoms. The van der Waals surface area contributed by atoms with Gasteiger partial charge in [0.15, 0.2) is 0 Å². The number of benzene rings is 1. The zero-order valence-electron chi connectivity index (χ0n) is 13.2. The molecule has 2 aliphatic rings. The van der Waals surface area contributed by atoms with Gasteiger partial charge in [-0.3, -0.25) is 0 Å². The van der Waals surface area contributed by atoms with Gasteiger partial charge in [-0.2, -0.15) is 10.5 Å². The van der Waals surface area contributed by atoms with Crippen molar-refractivity contribution in [2.24, 2.45) is 5.92 Å². The summed E-state index contributed by atoms with van der Waals surface area (Å²) in [7, 11) is 0. The van der Waals surface area contributed by atoms with Crippen molar-refractivity contribution in [2.75, 3.05) is 37.8 Å². The summed E-state index contributed by atoms with van der Waals surface area (Å²) in [5.74, 6) is 0.539. The second-order valence-corrected chi connectivity index (χ2v) is 6.17. The zero-order chi connectivity index (χ0) is 16.1. The Morgan fingerprint density at radius 2 is 1.83 bits per heavy atom. The van der Waals surface area contributed by atoms with E-state index in [1.165, 1.54) is 0 Å². The Hall–Kier alpha value is -2.08. The van der Waals surface area contributed by atoms with Gasteiger partial charge in [-0.25, -0.2) is 0 Å². The molecule has 0 spiro atoms. The number of piperidine rings is 1. The van der Waals surface area contributed by atoms with E-state index < -0.39 is 0 Å². The summed E-state index contributed by atoms with van der Waals surface area (Å²) in [6.07, 6.45) is 3.22. The molecule has 0 radical (unpaired) electrons. The fourth-order valence-electron chi connectivity index (χ4n) is 3.30. The number of ether oxygens (including phenoxy) is 2. The van der Waals surface area contributed by atoms with Crippen molar-refractivity contribution >= 4 is 5.69 Å². The molecule has 120 valence electrons. The van der Waals surface area contributed by atoms with Crippen molar-refractivity contribution in [3.05, 3.63) is 29.3 Å². The van der Waals surface area contributed by atoms with E-state index in [-0.39, 0.29) is 6.10 Å². The minimum atomic E-state index is 0.270. The number of anilines is 1. The van der Waals surface area contributed by atoms with Crippen LogP contribution in [0.4, 0.5) is 5.69 Å². The van der Waals surface area contributed by atoms with Crippen molar-refractivity contribution in [1.82, 2.24) is 0 Å². The van der Waals surface area contributed by atoms with Crippen LogP contribution in [0.1, 0.15) is 30.4 Å². The van der Waals surface area contributed by atoms with E-state index in [0.29, 0.717) is 17.0 Å². The van der Waals surface area contributed by atoms with Gasteiger partial charge in [-0.1, -0.05) is 6.07 Å². The summed E-state index contributed by atoms with van der Waals surface area (Å²) in [4.78, 5) is 2.15. The van der Waals surface area contributed by atoms with Crippen LogP contribution in [-0.2, 0) is 9.47 Å².